The van der Waals surface area contributed by atoms with Crippen LogP contribution in [0.15, 0.2) is 71.5 Å². The smallest absolute Gasteiger partial charge is 0.123 e. The summed E-state index contributed by atoms with van der Waals surface area (Å²) in [5.41, 5.74) is 7.01. The van der Waals surface area contributed by atoms with Crippen molar-refractivity contribution in [3.8, 4) is 5.69 Å². The Bertz CT molecular complexity index is 1130. The highest BCUT2D eigenvalue weighted by Crippen LogP contribution is 2.52. The van der Waals surface area contributed by atoms with E-state index in [0.717, 1.165) is 43.5 Å². The number of rotatable bonds is 4. The average Bonchev–Trinajstić information content (AvgIpc) is 3.05. The standard InChI is InChI=1S/C28H31FN2O/c1-19-5-3-6-20(10-9-19)15-27(32)25-8-4-7-22-16-26-21(17-28(22,25)2)18-30-31(26)24-13-11-23(29)12-14-24/h5-6,9-14,16,18,25,27,32H,3-4,7-8,15,17H2,1-2H3/t25-,27?,28?/m1/s1. The van der Waals surface area contributed by atoms with Crippen LogP contribution in [0.5, 0.6) is 0 Å². The van der Waals surface area contributed by atoms with Crippen LogP contribution in [0, 0.1) is 17.2 Å². The molecule has 3 aliphatic carbocycles. The van der Waals surface area contributed by atoms with Crippen molar-refractivity contribution in [2.24, 2.45) is 11.3 Å². The number of aromatic nitrogens is 2. The molecule has 0 amide bonds. The minimum atomic E-state index is -0.369. The van der Waals surface area contributed by atoms with Crippen molar-refractivity contribution in [1.29, 1.82) is 0 Å². The Kier molecular flexibility index (Phi) is 5.50. The fraction of sp³-hybridized carbons (Fsp3) is 0.393. The molecule has 166 valence electrons. The molecule has 0 radical (unpaired) electrons. The van der Waals surface area contributed by atoms with Crippen LogP contribution in [0.1, 0.15) is 57.2 Å². The Morgan fingerprint density at radius 2 is 2.03 bits per heavy atom. The first-order valence-corrected chi connectivity index (χ1v) is 11.7. The zero-order chi connectivity index (χ0) is 22.3. The van der Waals surface area contributed by atoms with Crippen molar-refractivity contribution in [1.82, 2.24) is 9.78 Å². The number of aliphatic hydroxyl groups is 1. The minimum Gasteiger partial charge on any atom is -0.392 e. The molecule has 1 aromatic carbocycles. The zero-order valence-corrected chi connectivity index (χ0v) is 18.9. The van der Waals surface area contributed by atoms with Gasteiger partial charge in [0.15, 0.2) is 0 Å². The largest absolute Gasteiger partial charge is 0.392 e. The zero-order valence-electron chi connectivity index (χ0n) is 18.9. The highest BCUT2D eigenvalue weighted by Gasteiger charge is 2.46. The van der Waals surface area contributed by atoms with Gasteiger partial charge >= 0.3 is 0 Å². The lowest BCUT2D eigenvalue weighted by Crippen LogP contribution is -2.43. The lowest BCUT2D eigenvalue weighted by atomic mass is 9.58. The van der Waals surface area contributed by atoms with Crippen LogP contribution in [-0.4, -0.2) is 21.0 Å². The lowest BCUT2D eigenvalue weighted by molar-refractivity contribution is 0.0239. The molecule has 2 unspecified atom stereocenters. The maximum Gasteiger partial charge on any atom is 0.123 e. The Labute approximate surface area is 189 Å². The van der Waals surface area contributed by atoms with Gasteiger partial charge in [0, 0.05) is 0 Å². The maximum atomic E-state index is 13.4. The third kappa shape index (κ3) is 3.81. The topological polar surface area (TPSA) is 38.1 Å². The van der Waals surface area contributed by atoms with E-state index in [1.54, 1.807) is 12.1 Å². The molecule has 32 heavy (non-hydrogen) atoms. The molecule has 1 aromatic heterocycles. The molecule has 0 aliphatic heterocycles. The lowest BCUT2D eigenvalue weighted by Gasteiger charge is -2.47. The summed E-state index contributed by atoms with van der Waals surface area (Å²) in [5.74, 6) is -0.0224. The van der Waals surface area contributed by atoms with E-state index in [-0.39, 0.29) is 23.3 Å². The van der Waals surface area contributed by atoms with Crippen molar-refractivity contribution in [2.75, 3.05) is 0 Å². The summed E-state index contributed by atoms with van der Waals surface area (Å²) in [7, 11) is 0. The Morgan fingerprint density at radius 1 is 1.22 bits per heavy atom. The number of fused-ring (bicyclic) bond motifs is 2. The van der Waals surface area contributed by atoms with Crippen LogP contribution in [-0.2, 0) is 6.42 Å². The van der Waals surface area contributed by atoms with Gasteiger partial charge in [-0.1, -0.05) is 42.4 Å². The van der Waals surface area contributed by atoms with Gasteiger partial charge in [-0.25, -0.2) is 9.07 Å². The summed E-state index contributed by atoms with van der Waals surface area (Å²) >= 11 is 0. The summed E-state index contributed by atoms with van der Waals surface area (Å²) in [6.45, 7) is 4.45. The molecular formula is C28H31FN2O. The van der Waals surface area contributed by atoms with Crippen molar-refractivity contribution >= 4 is 6.08 Å². The second-order valence-electron chi connectivity index (χ2n) is 9.77. The molecule has 1 fully saturated rings. The molecule has 0 bridgehead atoms. The van der Waals surface area contributed by atoms with Gasteiger partial charge in [0.2, 0.25) is 0 Å². The highest BCUT2D eigenvalue weighted by atomic mass is 19.1. The fourth-order valence-corrected chi connectivity index (χ4v) is 5.79. The fourth-order valence-electron chi connectivity index (χ4n) is 5.79. The number of nitrogens with zero attached hydrogens (tertiary/aromatic N) is 2. The summed E-state index contributed by atoms with van der Waals surface area (Å²) < 4.78 is 15.3. The number of aliphatic hydroxyl groups excluding tert-OH is 1. The van der Waals surface area contributed by atoms with Gasteiger partial charge in [0.1, 0.15) is 5.82 Å². The number of hydrogen-bond donors (Lipinski definition) is 1. The monoisotopic (exact) mass is 430 g/mol. The van der Waals surface area contributed by atoms with Crippen LogP contribution in [0.4, 0.5) is 4.39 Å². The number of allylic oxidation sites excluding steroid dienone is 6. The highest BCUT2D eigenvalue weighted by molar-refractivity contribution is 5.61. The predicted molar refractivity (Wildman–Crippen MR) is 127 cm³/mol. The van der Waals surface area contributed by atoms with Gasteiger partial charge in [0.05, 0.1) is 23.7 Å². The molecule has 0 saturated heterocycles. The average molecular weight is 431 g/mol. The van der Waals surface area contributed by atoms with Crippen LogP contribution in [0.25, 0.3) is 11.8 Å². The summed E-state index contributed by atoms with van der Waals surface area (Å²) in [4.78, 5) is 0. The number of hydrogen-bond acceptors (Lipinski definition) is 2. The van der Waals surface area contributed by atoms with Gasteiger partial charge in [0.25, 0.3) is 0 Å². The molecule has 0 spiro atoms. The van der Waals surface area contributed by atoms with Gasteiger partial charge < -0.3 is 5.11 Å². The quantitative estimate of drug-likeness (QED) is 0.614. The Balaban J connectivity index is 1.42. The normalized spacial score (nSPS) is 25.8. The molecule has 3 atom stereocenters. The summed E-state index contributed by atoms with van der Waals surface area (Å²) in [6.07, 6.45) is 18.3. The third-order valence-electron chi connectivity index (χ3n) is 7.63. The first-order chi connectivity index (χ1) is 15.4. The van der Waals surface area contributed by atoms with Crippen LogP contribution in [0.2, 0.25) is 0 Å². The number of halogens is 1. The molecule has 1 heterocycles. The molecule has 3 aliphatic rings. The molecule has 2 aromatic rings. The molecular weight excluding hydrogens is 399 g/mol. The van der Waals surface area contributed by atoms with Crippen LogP contribution < -0.4 is 0 Å². The first kappa shape index (κ1) is 21.1. The van der Waals surface area contributed by atoms with Crippen molar-refractivity contribution in [2.45, 2.75) is 58.5 Å². The van der Waals surface area contributed by atoms with E-state index in [0.29, 0.717) is 6.42 Å². The van der Waals surface area contributed by atoms with E-state index in [1.807, 2.05) is 10.9 Å². The maximum absolute atomic E-state index is 13.4. The molecule has 3 nitrogen and oxygen atoms in total. The minimum absolute atomic E-state index is 0.0650. The van der Waals surface area contributed by atoms with E-state index in [4.69, 9.17) is 0 Å². The number of benzene rings is 1. The Morgan fingerprint density at radius 3 is 2.84 bits per heavy atom. The van der Waals surface area contributed by atoms with E-state index >= 15 is 0 Å². The van der Waals surface area contributed by atoms with Gasteiger partial charge in [-0.05, 0) is 98.3 Å². The van der Waals surface area contributed by atoms with Crippen molar-refractivity contribution in [3.05, 3.63) is 88.6 Å². The molecule has 4 heteroatoms. The first-order valence-electron chi connectivity index (χ1n) is 11.7. The van der Waals surface area contributed by atoms with Gasteiger partial charge in [-0.2, -0.15) is 5.10 Å². The predicted octanol–water partition coefficient (Wildman–Crippen LogP) is 6.34. The summed E-state index contributed by atoms with van der Waals surface area (Å²) in [6, 6.07) is 6.49. The Hall–Kier alpha value is -2.72. The van der Waals surface area contributed by atoms with E-state index in [2.05, 4.69) is 49.3 Å². The second-order valence-corrected chi connectivity index (χ2v) is 9.77. The molecule has 5 rings (SSSR count). The van der Waals surface area contributed by atoms with Gasteiger partial charge in [-0.15, -0.1) is 0 Å². The van der Waals surface area contributed by atoms with Gasteiger partial charge in [-0.3, -0.25) is 0 Å². The van der Waals surface area contributed by atoms with E-state index in [1.165, 1.54) is 34.4 Å². The van der Waals surface area contributed by atoms with Crippen molar-refractivity contribution < 1.29 is 9.50 Å². The van der Waals surface area contributed by atoms with E-state index < -0.39 is 0 Å². The SMILES string of the molecule is CC1=CCC=C(CC(O)[C@H]2CCCC3=Cc4c(cnn4-c4ccc(F)cc4)CC32C)C=C1. The van der Waals surface area contributed by atoms with E-state index in [9.17, 15) is 9.50 Å². The third-order valence-corrected chi connectivity index (χ3v) is 7.63. The van der Waals surface area contributed by atoms with Crippen molar-refractivity contribution in [3.63, 3.8) is 0 Å². The summed E-state index contributed by atoms with van der Waals surface area (Å²) in [5, 5.41) is 16.0. The second kappa shape index (κ2) is 8.32. The van der Waals surface area contributed by atoms with Crippen LogP contribution in [0.3, 0.4) is 0 Å². The molecule has 1 N–H and O–H groups in total. The van der Waals surface area contributed by atoms with Crippen LogP contribution >= 0.6 is 0 Å². The molecule has 1 saturated carbocycles.